The number of amides is 4. The fraction of sp³-hybridized carbons (Fsp3) is 0.312. The van der Waals surface area contributed by atoms with Gasteiger partial charge in [-0.2, -0.15) is 0 Å². The number of methoxy groups -OCH3 is 2. The van der Waals surface area contributed by atoms with Crippen molar-refractivity contribution >= 4 is 29.8 Å². The monoisotopic (exact) mass is 366 g/mol. The molecule has 0 radical (unpaired) electrons. The van der Waals surface area contributed by atoms with E-state index in [1.807, 2.05) is 5.32 Å². The van der Waals surface area contributed by atoms with Crippen LogP contribution < -0.4 is 5.32 Å². The molecule has 9 nitrogen and oxygen atoms in total. The van der Waals surface area contributed by atoms with Gasteiger partial charge in [-0.05, 0) is 23.8 Å². The van der Waals surface area contributed by atoms with E-state index in [9.17, 15) is 28.4 Å². The molecule has 26 heavy (non-hydrogen) atoms. The van der Waals surface area contributed by atoms with Gasteiger partial charge in [0.25, 0.3) is 11.8 Å². The van der Waals surface area contributed by atoms with Gasteiger partial charge in [-0.3, -0.25) is 29.4 Å². The second-order valence-corrected chi connectivity index (χ2v) is 5.47. The zero-order valence-electron chi connectivity index (χ0n) is 14.1. The van der Waals surface area contributed by atoms with E-state index in [1.54, 1.807) is 0 Å². The van der Waals surface area contributed by atoms with Crippen molar-refractivity contribution in [2.24, 2.45) is 0 Å². The number of nitrogens with zero attached hydrogens (tertiary/aromatic N) is 1. The number of halogens is 1. The second-order valence-electron chi connectivity index (χ2n) is 5.47. The lowest BCUT2D eigenvalue weighted by atomic mass is 9.71. The van der Waals surface area contributed by atoms with Crippen LogP contribution >= 0.6 is 0 Å². The van der Waals surface area contributed by atoms with Gasteiger partial charge in [0, 0.05) is 12.6 Å². The summed E-state index contributed by atoms with van der Waals surface area (Å²) in [6.45, 7) is 0. The molecule has 0 aliphatic carbocycles. The molecular weight excluding hydrogens is 351 g/mol. The number of nitrogens with one attached hydrogen (secondary N) is 1. The van der Waals surface area contributed by atoms with Gasteiger partial charge in [0.2, 0.25) is 5.91 Å². The van der Waals surface area contributed by atoms with Gasteiger partial charge in [-0.25, -0.2) is 9.18 Å². The van der Waals surface area contributed by atoms with Crippen LogP contribution in [0.3, 0.4) is 0 Å². The van der Waals surface area contributed by atoms with E-state index in [-0.39, 0.29) is 11.1 Å². The summed E-state index contributed by atoms with van der Waals surface area (Å²) in [7, 11) is 3.11. The van der Waals surface area contributed by atoms with Gasteiger partial charge in [0.15, 0.2) is 5.41 Å². The number of esters is 1. The predicted molar refractivity (Wildman–Crippen MR) is 82.4 cm³/mol. The number of hydrogen-bond acceptors (Lipinski definition) is 7. The van der Waals surface area contributed by atoms with Crippen molar-refractivity contribution in [3.8, 4) is 0 Å². The number of imide groups is 2. The van der Waals surface area contributed by atoms with Crippen molar-refractivity contribution in [1.82, 2.24) is 10.2 Å². The quantitative estimate of drug-likeness (QED) is 0.458. The molecule has 0 saturated carbocycles. The summed E-state index contributed by atoms with van der Waals surface area (Å²) in [4.78, 5) is 61.7. The fourth-order valence-corrected chi connectivity index (χ4v) is 2.79. The number of ether oxygens (including phenoxy) is 2. The maximum Gasteiger partial charge on any atom is 0.413 e. The van der Waals surface area contributed by atoms with Gasteiger partial charge in [0.05, 0.1) is 20.6 Å². The standard InChI is InChI=1S/C16H15FN2O7/c1-19-12(21)9-5-4-8(17)6-10(9)16(13(19)22,14(23)25-2)7-11(20)18-15(24)26-3/h4-6H,7H2,1-3H3,(H,18,20,24). The zero-order valence-corrected chi connectivity index (χ0v) is 14.1. The molecule has 2 rings (SSSR count). The van der Waals surface area contributed by atoms with Crippen LogP contribution in [0, 0.1) is 5.82 Å². The van der Waals surface area contributed by atoms with Crippen LogP contribution in [-0.2, 0) is 29.3 Å². The number of benzene rings is 1. The Morgan fingerprint density at radius 3 is 2.42 bits per heavy atom. The molecule has 1 N–H and O–H groups in total. The molecule has 138 valence electrons. The zero-order chi connectivity index (χ0) is 19.6. The highest BCUT2D eigenvalue weighted by Gasteiger charge is 2.57. The molecule has 1 aliphatic rings. The average molecular weight is 366 g/mol. The molecule has 0 bridgehead atoms. The lowest BCUT2D eigenvalue weighted by Gasteiger charge is -2.37. The number of carbonyl (C=O) groups excluding carboxylic acids is 5. The van der Waals surface area contributed by atoms with Gasteiger partial charge < -0.3 is 9.47 Å². The molecule has 0 spiro atoms. The minimum atomic E-state index is -2.33. The van der Waals surface area contributed by atoms with Crippen LogP contribution in [0.1, 0.15) is 22.3 Å². The summed E-state index contributed by atoms with van der Waals surface area (Å²) in [6.07, 6.45) is -2.00. The lowest BCUT2D eigenvalue weighted by molar-refractivity contribution is -0.158. The second kappa shape index (κ2) is 6.90. The number of likely N-dealkylation sites (N-methyl/N-ethyl adjacent to an activating group) is 1. The van der Waals surface area contributed by atoms with Crippen LogP contribution in [0.5, 0.6) is 0 Å². The first-order chi connectivity index (χ1) is 12.2. The topological polar surface area (TPSA) is 119 Å². The van der Waals surface area contributed by atoms with E-state index >= 15 is 0 Å². The third-order valence-electron chi connectivity index (χ3n) is 4.03. The minimum absolute atomic E-state index is 0.134. The van der Waals surface area contributed by atoms with E-state index in [4.69, 9.17) is 0 Å². The number of rotatable bonds is 3. The van der Waals surface area contributed by atoms with Gasteiger partial charge in [-0.1, -0.05) is 0 Å². The van der Waals surface area contributed by atoms with Gasteiger partial charge in [-0.15, -0.1) is 0 Å². The Labute approximate surface area is 147 Å². The Hall–Kier alpha value is -3.30. The molecule has 1 aromatic carbocycles. The SMILES string of the molecule is COC(=O)NC(=O)CC1(C(=O)OC)C(=O)N(C)C(=O)c2ccc(F)cc21. The number of alkyl carbamates (subject to hydrolysis) is 1. The highest BCUT2D eigenvalue weighted by molar-refractivity contribution is 6.22. The maximum absolute atomic E-state index is 13.8. The Balaban J connectivity index is 2.68. The van der Waals surface area contributed by atoms with Crippen molar-refractivity contribution in [3.63, 3.8) is 0 Å². The highest BCUT2D eigenvalue weighted by Crippen LogP contribution is 2.39. The Bertz CT molecular complexity index is 823. The van der Waals surface area contributed by atoms with Gasteiger partial charge >= 0.3 is 12.1 Å². The fourth-order valence-electron chi connectivity index (χ4n) is 2.79. The first-order valence-corrected chi connectivity index (χ1v) is 7.27. The largest absolute Gasteiger partial charge is 0.468 e. The Morgan fingerprint density at radius 1 is 1.19 bits per heavy atom. The molecule has 4 amide bonds. The van der Waals surface area contributed by atoms with Crippen molar-refractivity contribution in [1.29, 1.82) is 0 Å². The molecular formula is C16H15FN2O7. The average Bonchev–Trinajstić information content (AvgIpc) is 2.62. The summed E-state index contributed by atoms with van der Waals surface area (Å²) >= 11 is 0. The summed E-state index contributed by atoms with van der Waals surface area (Å²) in [6, 6.07) is 2.91. The third-order valence-corrected chi connectivity index (χ3v) is 4.03. The van der Waals surface area contributed by atoms with Gasteiger partial charge in [0.1, 0.15) is 5.82 Å². The van der Waals surface area contributed by atoms with Crippen molar-refractivity contribution in [2.45, 2.75) is 11.8 Å². The first kappa shape index (κ1) is 19.0. The molecule has 0 fully saturated rings. The van der Waals surface area contributed by atoms with Crippen molar-refractivity contribution < 1.29 is 37.8 Å². The molecule has 1 atom stereocenters. The molecule has 0 aromatic heterocycles. The number of hydrogen-bond donors (Lipinski definition) is 1. The highest BCUT2D eigenvalue weighted by atomic mass is 19.1. The number of fused-ring (bicyclic) bond motifs is 1. The van der Waals surface area contributed by atoms with E-state index < -0.39 is 47.4 Å². The molecule has 1 aromatic rings. The smallest absolute Gasteiger partial charge is 0.413 e. The summed E-state index contributed by atoms with van der Waals surface area (Å²) in [5.74, 6) is -4.89. The normalized spacial score (nSPS) is 18.8. The van der Waals surface area contributed by atoms with Crippen molar-refractivity contribution in [2.75, 3.05) is 21.3 Å². The minimum Gasteiger partial charge on any atom is -0.468 e. The van der Waals surface area contributed by atoms with Crippen molar-refractivity contribution in [3.05, 3.63) is 35.1 Å². The predicted octanol–water partition coefficient (Wildman–Crippen LogP) is 0.121. The van der Waals surface area contributed by atoms with Crippen LogP contribution in [0.25, 0.3) is 0 Å². The first-order valence-electron chi connectivity index (χ1n) is 7.27. The van der Waals surface area contributed by atoms with E-state index in [0.717, 1.165) is 39.5 Å². The maximum atomic E-state index is 13.8. The summed E-state index contributed by atoms with van der Waals surface area (Å²) in [5.41, 5.74) is -2.77. The van der Waals surface area contributed by atoms with E-state index in [1.165, 1.54) is 0 Å². The van der Waals surface area contributed by atoms with Crippen LogP contribution in [0.4, 0.5) is 9.18 Å². The van der Waals surface area contributed by atoms with E-state index in [2.05, 4.69) is 9.47 Å². The Kier molecular flexibility index (Phi) is 5.05. The molecule has 10 heteroatoms. The van der Waals surface area contributed by atoms with Crippen LogP contribution in [-0.4, -0.2) is 56.0 Å². The summed E-state index contributed by atoms with van der Waals surface area (Å²) in [5, 5.41) is 1.82. The summed E-state index contributed by atoms with van der Waals surface area (Å²) < 4.78 is 22.7. The van der Waals surface area contributed by atoms with Crippen LogP contribution in [0.2, 0.25) is 0 Å². The van der Waals surface area contributed by atoms with E-state index in [0.29, 0.717) is 4.90 Å². The van der Waals surface area contributed by atoms with Crippen LogP contribution in [0.15, 0.2) is 18.2 Å². The molecule has 1 heterocycles. The molecule has 1 aliphatic heterocycles. The Morgan fingerprint density at radius 2 is 1.85 bits per heavy atom. The molecule has 1 unspecified atom stereocenters. The molecule has 0 saturated heterocycles. The number of carbonyl (C=O) groups is 5. The lowest BCUT2D eigenvalue weighted by Crippen LogP contribution is -2.59. The third kappa shape index (κ3) is 2.89.